The Bertz CT molecular complexity index is 614. The summed E-state index contributed by atoms with van der Waals surface area (Å²) in [6.07, 6.45) is 11.6. The molecule has 5 nitrogen and oxygen atoms in total. The van der Waals surface area contributed by atoms with Crippen LogP contribution in [0.5, 0.6) is 0 Å². The predicted octanol–water partition coefficient (Wildman–Crippen LogP) is 6.39. The van der Waals surface area contributed by atoms with Crippen LogP contribution in [0.4, 0.5) is 4.79 Å². The molecule has 2 N–H and O–H groups in total. The van der Waals surface area contributed by atoms with Gasteiger partial charge in [0.15, 0.2) is 0 Å². The molecule has 0 heterocycles. The number of carbonyl (C=O) groups is 1. The second-order valence-electron chi connectivity index (χ2n) is 8.95. The van der Waals surface area contributed by atoms with E-state index < -0.39 is 11.7 Å². The molecule has 0 aromatic heterocycles. The maximum Gasteiger partial charge on any atom is 0.413 e. The van der Waals surface area contributed by atoms with Crippen molar-refractivity contribution in [3.63, 3.8) is 0 Å². The van der Waals surface area contributed by atoms with Gasteiger partial charge in [-0.05, 0) is 64.9 Å². The van der Waals surface area contributed by atoms with Crippen molar-refractivity contribution in [2.45, 2.75) is 98.5 Å². The number of hydrogen-bond acceptors (Lipinski definition) is 3. The zero-order chi connectivity index (χ0) is 22.0. The summed E-state index contributed by atoms with van der Waals surface area (Å²) in [5, 5.41) is 20.3. The summed E-state index contributed by atoms with van der Waals surface area (Å²) in [4.78, 5) is 17.9. The van der Waals surface area contributed by atoms with Crippen LogP contribution >= 0.6 is 0 Å². The molecule has 1 rings (SSSR count). The number of carboxylic acid groups (broad SMARTS) is 1. The lowest BCUT2D eigenvalue weighted by atomic mass is 9.79. The average molecular weight is 407 g/mol. The van der Waals surface area contributed by atoms with Crippen LogP contribution in [0.15, 0.2) is 28.0 Å². The Hall–Kier alpha value is -1.62. The number of aliphatic hydroxyl groups is 1. The van der Waals surface area contributed by atoms with E-state index in [9.17, 15) is 15.0 Å². The first-order valence-electron chi connectivity index (χ1n) is 11.3. The van der Waals surface area contributed by atoms with Crippen molar-refractivity contribution in [2.24, 2.45) is 16.8 Å². The molecule has 0 saturated heterocycles. The van der Waals surface area contributed by atoms with Crippen LogP contribution in [0.1, 0.15) is 92.9 Å². The fraction of sp³-hybridized carbons (Fsp3) is 0.750. The minimum Gasteiger partial charge on any atom is -0.465 e. The zero-order valence-corrected chi connectivity index (χ0v) is 19.4. The number of amides is 1. The van der Waals surface area contributed by atoms with Crippen molar-refractivity contribution in [2.75, 3.05) is 6.54 Å². The summed E-state index contributed by atoms with van der Waals surface area (Å²) in [6.45, 7) is 12.0. The molecule has 1 aliphatic rings. The molecule has 166 valence electrons. The molecular weight excluding hydrogens is 364 g/mol. The zero-order valence-electron chi connectivity index (χ0n) is 19.4. The smallest absolute Gasteiger partial charge is 0.413 e. The van der Waals surface area contributed by atoms with Crippen LogP contribution in [0.3, 0.4) is 0 Å². The summed E-state index contributed by atoms with van der Waals surface area (Å²) in [7, 11) is 0. The molecular formula is C24H42N2O3. The van der Waals surface area contributed by atoms with Crippen LogP contribution in [0.2, 0.25) is 0 Å². The Labute approximate surface area is 177 Å². The number of allylic oxidation sites excluding steroid dienone is 2. The van der Waals surface area contributed by atoms with Crippen molar-refractivity contribution in [3.8, 4) is 0 Å². The molecule has 0 aliphatic heterocycles. The highest BCUT2D eigenvalue weighted by atomic mass is 16.4. The molecule has 0 radical (unpaired) electrons. The summed E-state index contributed by atoms with van der Waals surface area (Å²) < 4.78 is 0. The lowest BCUT2D eigenvalue weighted by Crippen LogP contribution is -2.35. The van der Waals surface area contributed by atoms with Crippen molar-refractivity contribution in [1.82, 2.24) is 4.90 Å². The van der Waals surface area contributed by atoms with Crippen molar-refractivity contribution < 1.29 is 15.0 Å². The van der Waals surface area contributed by atoms with Gasteiger partial charge < -0.3 is 10.2 Å². The van der Waals surface area contributed by atoms with Crippen molar-refractivity contribution >= 4 is 12.3 Å². The minimum absolute atomic E-state index is 0.383. The van der Waals surface area contributed by atoms with Gasteiger partial charge in [0.05, 0.1) is 5.60 Å². The van der Waals surface area contributed by atoms with E-state index in [4.69, 9.17) is 0 Å². The van der Waals surface area contributed by atoms with Gasteiger partial charge in [-0.25, -0.2) is 9.79 Å². The molecule has 29 heavy (non-hydrogen) atoms. The van der Waals surface area contributed by atoms with E-state index in [1.54, 1.807) is 26.1 Å². The Kier molecular flexibility index (Phi) is 10.7. The first-order chi connectivity index (χ1) is 13.6. The predicted molar refractivity (Wildman–Crippen MR) is 121 cm³/mol. The van der Waals surface area contributed by atoms with Gasteiger partial charge in [-0.3, -0.25) is 4.90 Å². The Morgan fingerprint density at radius 1 is 1.24 bits per heavy atom. The molecule has 0 aromatic carbocycles. The number of nitrogens with zero attached hydrogens (tertiary/aromatic N) is 2. The van der Waals surface area contributed by atoms with E-state index in [2.05, 4.69) is 11.9 Å². The molecule has 1 saturated carbocycles. The fourth-order valence-electron chi connectivity index (χ4n) is 4.26. The molecule has 0 spiro atoms. The van der Waals surface area contributed by atoms with Crippen LogP contribution in [0.25, 0.3) is 0 Å². The normalized spacial score (nSPS) is 22.0. The van der Waals surface area contributed by atoms with E-state index in [1.807, 2.05) is 20.8 Å². The Balaban J connectivity index is 2.97. The van der Waals surface area contributed by atoms with Gasteiger partial charge in [0.2, 0.25) is 0 Å². The number of aliphatic imine (C=N–C) groups is 1. The van der Waals surface area contributed by atoms with Gasteiger partial charge in [-0.1, -0.05) is 51.5 Å². The van der Waals surface area contributed by atoms with Crippen molar-refractivity contribution in [1.29, 1.82) is 0 Å². The molecule has 2 atom stereocenters. The molecule has 1 amide bonds. The van der Waals surface area contributed by atoms with Crippen LogP contribution in [-0.2, 0) is 0 Å². The fourth-order valence-corrected chi connectivity index (χ4v) is 4.26. The van der Waals surface area contributed by atoms with Crippen LogP contribution < -0.4 is 0 Å². The maximum atomic E-state index is 12.0. The number of hydrogen-bond donors (Lipinski definition) is 2. The van der Waals surface area contributed by atoms with E-state index in [-0.39, 0.29) is 0 Å². The summed E-state index contributed by atoms with van der Waals surface area (Å²) in [6, 6.07) is 0. The summed E-state index contributed by atoms with van der Waals surface area (Å²) in [5.74, 6) is 1.53. The molecule has 1 fully saturated rings. The van der Waals surface area contributed by atoms with Crippen molar-refractivity contribution in [3.05, 3.63) is 23.0 Å². The quantitative estimate of drug-likeness (QED) is 0.413. The van der Waals surface area contributed by atoms with Gasteiger partial charge in [-0.2, -0.15) is 0 Å². The van der Waals surface area contributed by atoms with Crippen LogP contribution in [0, 0.1) is 11.8 Å². The molecule has 2 unspecified atom stereocenters. The topological polar surface area (TPSA) is 73.1 Å². The third kappa shape index (κ3) is 8.33. The van der Waals surface area contributed by atoms with E-state index >= 15 is 0 Å². The molecule has 5 heteroatoms. The van der Waals surface area contributed by atoms with Gasteiger partial charge >= 0.3 is 6.09 Å². The lowest BCUT2D eigenvalue weighted by Gasteiger charge is -2.32. The number of unbranched alkanes of at least 4 members (excludes halogenated alkanes) is 1. The third-order valence-electron chi connectivity index (χ3n) is 6.04. The van der Waals surface area contributed by atoms with E-state index in [1.165, 1.54) is 37.0 Å². The standard InChI is InChI=1S/C24H42N2O3/c1-7-10-12-19-13-11-14-20(15-19)17-26(23(27)28)22(9-3)25-16-21(18(4)8-2)24(5,6)29/h9,16,19-20,29H,7-8,10-15,17H2,1-6H3,(H,27,28)/b21-18?,22-9+,25-16-. The SMILES string of the molecule is C/C=C(\N=C/C(=C(C)CC)C(C)(C)O)N(CC1CCCC(CCCC)C1)C(=O)O. The van der Waals surface area contributed by atoms with Gasteiger partial charge in [0.1, 0.15) is 5.82 Å². The third-order valence-corrected chi connectivity index (χ3v) is 6.04. The number of rotatable bonds is 10. The van der Waals surface area contributed by atoms with Crippen LogP contribution in [-0.4, -0.2) is 39.6 Å². The van der Waals surface area contributed by atoms with Gasteiger partial charge in [0, 0.05) is 18.3 Å². The second-order valence-corrected chi connectivity index (χ2v) is 8.95. The highest BCUT2D eigenvalue weighted by molar-refractivity contribution is 5.83. The monoisotopic (exact) mass is 406 g/mol. The molecule has 1 aliphatic carbocycles. The summed E-state index contributed by atoms with van der Waals surface area (Å²) >= 11 is 0. The minimum atomic E-state index is -1.02. The molecule has 0 bridgehead atoms. The van der Waals surface area contributed by atoms with E-state index in [0.717, 1.165) is 36.3 Å². The Morgan fingerprint density at radius 2 is 1.90 bits per heavy atom. The highest BCUT2D eigenvalue weighted by Gasteiger charge is 2.27. The summed E-state index contributed by atoms with van der Waals surface area (Å²) in [5.41, 5.74) is 0.762. The van der Waals surface area contributed by atoms with Gasteiger partial charge in [-0.15, -0.1) is 0 Å². The lowest BCUT2D eigenvalue weighted by molar-refractivity contribution is 0.125. The average Bonchev–Trinajstić information content (AvgIpc) is 2.67. The Morgan fingerprint density at radius 3 is 2.41 bits per heavy atom. The van der Waals surface area contributed by atoms with Gasteiger partial charge in [0.25, 0.3) is 0 Å². The van der Waals surface area contributed by atoms with E-state index in [0.29, 0.717) is 18.3 Å². The molecule has 0 aromatic rings. The largest absolute Gasteiger partial charge is 0.465 e. The first kappa shape index (κ1) is 25.4. The second kappa shape index (κ2) is 12.2. The maximum absolute atomic E-state index is 12.0. The first-order valence-corrected chi connectivity index (χ1v) is 11.3. The highest BCUT2D eigenvalue weighted by Crippen LogP contribution is 2.33.